The third-order valence-corrected chi connectivity index (χ3v) is 4.34. The van der Waals surface area contributed by atoms with E-state index in [1.807, 2.05) is 37.6 Å². The van der Waals surface area contributed by atoms with Gasteiger partial charge in [-0.1, -0.05) is 12.1 Å². The van der Waals surface area contributed by atoms with Gasteiger partial charge >= 0.3 is 0 Å². The molecule has 0 aliphatic carbocycles. The summed E-state index contributed by atoms with van der Waals surface area (Å²) in [4.78, 5) is 6.44. The Morgan fingerprint density at radius 3 is 2.74 bits per heavy atom. The molecule has 0 N–H and O–H groups in total. The number of fused-ring (bicyclic) bond motifs is 2. The highest BCUT2D eigenvalue weighted by molar-refractivity contribution is 5.81. The average Bonchev–Trinajstić information content (AvgIpc) is 2.55. The molecule has 0 atom stereocenters. The lowest BCUT2D eigenvalue weighted by Gasteiger charge is -2.30. The van der Waals surface area contributed by atoms with E-state index in [0.29, 0.717) is 0 Å². The maximum Gasteiger partial charge on any atom is 0.231 e. The maximum atomic E-state index is 6.09. The molecule has 0 spiro atoms. The quantitative estimate of drug-likeness (QED) is 0.641. The summed E-state index contributed by atoms with van der Waals surface area (Å²) in [7, 11) is 4.11. The number of para-hydroxylation sites is 2. The van der Waals surface area contributed by atoms with Crippen LogP contribution in [-0.4, -0.2) is 12.0 Å². The van der Waals surface area contributed by atoms with Crippen LogP contribution in [0.5, 0.6) is 11.5 Å². The first-order valence-electron chi connectivity index (χ1n) is 7.60. The van der Waals surface area contributed by atoms with Gasteiger partial charge in [-0.2, -0.15) is 4.57 Å². The first-order valence-corrected chi connectivity index (χ1v) is 7.60. The smallest absolute Gasteiger partial charge is 0.231 e. The highest BCUT2D eigenvalue weighted by Crippen LogP contribution is 2.47. The second-order valence-electron chi connectivity index (χ2n) is 5.84. The van der Waals surface area contributed by atoms with Gasteiger partial charge in [-0.25, -0.2) is 0 Å². The molecule has 1 aromatic heterocycles. The number of aryl methyl sites for hydroxylation is 2. The third kappa shape index (κ3) is 2.14. The van der Waals surface area contributed by atoms with Gasteiger partial charge in [-0.05, 0) is 36.8 Å². The molecule has 3 aromatic rings. The van der Waals surface area contributed by atoms with E-state index in [-0.39, 0.29) is 0 Å². The first kappa shape index (κ1) is 13.8. The minimum absolute atomic E-state index is 0.888. The Bertz CT molecular complexity index is 905. The number of rotatable bonds is 1. The van der Waals surface area contributed by atoms with E-state index in [2.05, 4.69) is 46.6 Å². The van der Waals surface area contributed by atoms with Gasteiger partial charge in [0.2, 0.25) is 5.69 Å². The molecule has 0 saturated carbocycles. The lowest BCUT2D eigenvalue weighted by atomic mass is 10.0. The van der Waals surface area contributed by atoms with Crippen LogP contribution in [0.4, 0.5) is 11.4 Å². The van der Waals surface area contributed by atoms with E-state index < -0.39 is 0 Å². The summed E-state index contributed by atoms with van der Waals surface area (Å²) in [6, 6.07) is 12.4. The summed E-state index contributed by atoms with van der Waals surface area (Å²) in [6.45, 7) is 2.10. The fourth-order valence-corrected chi connectivity index (χ4v) is 3.04. The molecular formula is C19H18N3O+. The molecule has 114 valence electrons. The maximum absolute atomic E-state index is 6.09. The molecule has 1 aliphatic rings. The summed E-state index contributed by atoms with van der Waals surface area (Å²) in [6.07, 6.45) is 5.65. The summed E-state index contributed by atoms with van der Waals surface area (Å²) in [5, 5.41) is 0. The van der Waals surface area contributed by atoms with Crippen LogP contribution < -0.4 is 14.2 Å². The number of nitrogens with zero attached hydrogens (tertiary/aromatic N) is 3. The van der Waals surface area contributed by atoms with Crippen molar-refractivity contribution in [3.8, 4) is 22.8 Å². The van der Waals surface area contributed by atoms with E-state index >= 15 is 0 Å². The summed E-state index contributed by atoms with van der Waals surface area (Å²) in [5.41, 5.74) is 5.55. The molecule has 0 amide bonds. The van der Waals surface area contributed by atoms with Crippen molar-refractivity contribution in [2.45, 2.75) is 6.92 Å². The lowest BCUT2D eigenvalue weighted by Crippen LogP contribution is -2.30. The van der Waals surface area contributed by atoms with Crippen molar-refractivity contribution in [2.24, 2.45) is 7.05 Å². The standard InChI is InChI=1S/C19H18N3O/c1-13-10-19-16(11-14(13)17-12-20-8-9-21(17)2)22(3)15-6-4-5-7-18(15)23-19/h4-12H,1-3H3/q+1. The highest BCUT2D eigenvalue weighted by atomic mass is 16.5. The minimum Gasteiger partial charge on any atom is -0.453 e. The van der Waals surface area contributed by atoms with E-state index in [9.17, 15) is 0 Å². The van der Waals surface area contributed by atoms with Crippen molar-refractivity contribution in [1.29, 1.82) is 0 Å². The normalized spacial score (nSPS) is 12.4. The van der Waals surface area contributed by atoms with Crippen molar-refractivity contribution in [3.63, 3.8) is 0 Å². The number of benzene rings is 2. The highest BCUT2D eigenvalue weighted by Gasteiger charge is 2.24. The third-order valence-electron chi connectivity index (χ3n) is 4.34. The zero-order valence-electron chi connectivity index (χ0n) is 13.4. The molecule has 0 radical (unpaired) electrons. The van der Waals surface area contributed by atoms with Gasteiger partial charge in [0.1, 0.15) is 7.05 Å². The minimum atomic E-state index is 0.888. The van der Waals surface area contributed by atoms with Gasteiger partial charge in [0.15, 0.2) is 17.7 Å². The Labute approximate surface area is 135 Å². The van der Waals surface area contributed by atoms with Crippen LogP contribution in [-0.2, 0) is 7.05 Å². The molecule has 23 heavy (non-hydrogen) atoms. The van der Waals surface area contributed by atoms with E-state index in [4.69, 9.17) is 4.74 Å². The molecule has 0 saturated heterocycles. The Kier molecular flexibility index (Phi) is 3.05. The van der Waals surface area contributed by atoms with Crippen LogP contribution in [0.2, 0.25) is 0 Å². The van der Waals surface area contributed by atoms with Gasteiger partial charge in [0.05, 0.1) is 29.3 Å². The van der Waals surface area contributed by atoms with E-state index in [1.165, 1.54) is 5.56 Å². The van der Waals surface area contributed by atoms with Crippen molar-refractivity contribution >= 4 is 11.4 Å². The lowest BCUT2D eigenvalue weighted by molar-refractivity contribution is -0.660. The van der Waals surface area contributed by atoms with Gasteiger partial charge < -0.3 is 9.64 Å². The van der Waals surface area contributed by atoms with Crippen molar-refractivity contribution in [3.05, 3.63) is 60.6 Å². The number of hydrogen-bond acceptors (Lipinski definition) is 3. The number of anilines is 2. The van der Waals surface area contributed by atoms with Crippen LogP contribution in [0.25, 0.3) is 11.3 Å². The zero-order valence-corrected chi connectivity index (χ0v) is 13.4. The topological polar surface area (TPSA) is 29.2 Å². The number of ether oxygens (including phenoxy) is 1. The van der Waals surface area contributed by atoms with Crippen molar-refractivity contribution in [1.82, 2.24) is 4.98 Å². The van der Waals surface area contributed by atoms with E-state index in [0.717, 1.165) is 34.1 Å². The van der Waals surface area contributed by atoms with Gasteiger partial charge in [0.25, 0.3) is 0 Å². The van der Waals surface area contributed by atoms with Gasteiger partial charge in [-0.15, -0.1) is 0 Å². The summed E-state index contributed by atoms with van der Waals surface area (Å²) in [5.74, 6) is 1.78. The Balaban J connectivity index is 1.89. The Morgan fingerprint density at radius 2 is 1.91 bits per heavy atom. The molecule has 0 bridgehead atoms. The van der Waals surface area contributed by atoms with E-state index in [1.54, 1.807) is 6.20 Å². The fourth-order valence-electron chi connectivity index (χ4n) is 3.04. The Morgan fingerprint density at radius 1 is 1.09 bits per heavy atom. The molecule has 0 unspecified atom stereocenters. The largest absolute Gasteiger partial charge is 0.453 e. The molecule has 2 heterocycles. The van der Waals surface area contributed by atoms with Gasteiger partial charge in [0, 0.05) is 7.05 Å². The predicted octanol–water partition coefficient (Wildman–Crippen LogP) is 3.76. The van der Waals surface area contributed by atoms with Crippen LogP contribution in [0.1, 0.15) is 5.56 Å². The summed E-state index contributed by atoms with van der Waals surface area (Å²) < 4.78 is 8.17. The first-order chi connectivity index (χ1) is 11.1. The van der Waals surface area contributed by atoms with Crippen LogP contribution in [0, 0.1) is 6.92 Å². The molecule has 1 aliphatic heterocycles. The van der Waals surface area contributed by atoms with Crippen LogP contribution in [0.3, 0.4) is 0 Å². The molecular weight excluding hydrogens is 286 g/mol. The van der Waals surface area contributed by atoms with Crippen LogP contribution >= 0.6 is 0 Å². The number of aromatic nitrogens is 2. The fraction of sp³-hybridized carbons (Fsp3) is 0.158. The van der Waals surface area contributed by atoms with Crippen molar-refractivity contribution < 1.29 is 9.30 Å². The van der Waals surface area contributed by atoms with Crippen LogP contribution in [0.15, 0.2) is 55.0 Å². The zero-order chi connectivity index (χ0) is 16.0. The number of hydrogen-bond donors (Lipinski definition) is 0. The predicted molar refractivity (Wildman–Crippen MR) is 90.2 cm³/mol. The molecule has 4 nitrogen and oxygen atoms in total. The van der Waals surface area contributed by atoms with Crippen molar-refractivity contribution in [2.75, 3.05) is 11.9 Å². The Hall–Kier alpha value is -2.88. The van der Waals surface area contributed by atoms with Gasteiger partial charge in [-0.3, -0.25) is 4.98 Å². The average molecular weight is 304 g/mol. The molecule has 4 heteroatoms. The molecule has 0 fully saturated rings. The second-order valence-corrected chi connectivity index (χ2v) is 5.84. The molecule has 4 rings (SSSR count). The second kappa shape index (κ2) is 5.09. The monoisotopic (exact) mass is 304 g/mol. The summed E-state index contributed by atoms with van der Waals surface area (Å²) >= 11 is 0. The molecule has 2 aromatic carbocycles. The SMILES string of the molecule is Cc1cc2c(cc1-c1cncc[n+]1C)N(C)c1ccccc1O2.